The molecule has 3 rings (SSSR count). The summed E-state index contributed by atoms with van der Waals surface area (Å²) in [5.41, 5.74) is 6.05. The number of nitrogens with two attached hydrogens (primary N) is 1. The van der Waals surface area contributed by atoms with Gasteiger partial charge in [-0.1, -0.05) is 5.16 Å². The van der Waals surface area contributed by atoms with Crippen LogP contribution in [0.3, 0.4) is 0 Å². The maximum Gasteiger partial charge on any atom is 0.260 e. The molecule has 7 nitrogen and oxygen atoms in total. The highest BCUT2D eigenvalue weighted by Crippen LogP contribution is 2.28. The summed E-state index contributed by atoms with van der Waals surface area (Å²) in [6.45, 7) is 0. The molecule has 0 unspecified atom stereocenters. The standard InChI is InChI=1S/C10H6F2N6O/c11-5-1-4(7(13)2-6(5)12)10-15-9(17-19-10)8-3-14-18-16-8/h1-3H,13H2,(H,14,16,18). The zero-order valence-corrected chi connectivity index (χ0v) is 9.26. The Labute approximate surface area is 104 Å². The summed E-state index contributed by atoms with van der Waals surface area (Å²) >= 11 is 0. The summed E-state index contributed by atoms with van der Waals surface area (Å²) in [4.78, 5) is 3.99. The molecule has 0 amide bonds. The molecule has 0 bridgehead atoms. The Bertz CT molecular complexity index is 724. The molecule has 9 heteroatoms. The summed E-state index contributed by atoms with van der Waals surface area (Å²) < 4.78 is 31.1. The fourth-order valence-electron chi connectivity index (χ4n) is 1.49. The van der Waals surface area contributed by atoms with Crippen LogP contribution in [-0.2, 0) is 0 Å². The van der Waals surface area contributed by atoms with Crippen molar-refractivity contribution in [2.75, 3.05) is 5.73 Å². The van der Waals surface area contributed by atoms with Gasteiger partial charge >= 0.3 is 0 Å². The van der Waals surface area contributed by atoms with Gasteiger partial charge in [-0.25, -0.2) is 8.78 Å². The Balaban J connectivity index is 2.06. The van der Waals surface area contributed by atoms with Crippen molar-refractivity contribution >= 4 is 5.69 Å². The highest BCUT2D eigenvalue weighted by Gasteiger charge is 2.17. The monoisotopic (exact) mass is 264 g/mol. The molecule has 0 fully saturated rings. The lowest BCUT2D eigenvalue weighted by molar-refractivity contribution is 0.431. The van der Waals surface area contributed by atoms with Crippen molar-refractivity contribution in [2.45, 2.75) is 0 Å². The van der Waals surface area contributed by atoms with Gasteiger partial charge in [-0.15, -0.1) is 0 Å². The molecular formula is C10H6F2N6O. The Morgan fingerprint density at radius 2 is 2.00 bits per heavy atom. The Kier molecular flexibility index (Phi) is 2.44. The van der Waals surface area contributed by atoms with E-state index in [2.05, 4.69) is 25.6 Å². The third-order valence-electron chi connectivity index (χ3n) is 2.39. The number of rotatable bonds is 2. The third-order valence-corrected chi connectivity index (χ3v) is 2.39. The van der Waals surface area contributed by atoms with E-state index in [1.807, 2.05) is 0 Å². The van der Waals surface area contributed by atoms with Gasteiger partial charge in [0.25, 0.3) is 5.89 Å². The number of halogens is 2. The molecule has 1 aromatic carbocycles. The fourth-order valence-corrected chi connectivity index (χ4v) is 1.49. The van der Waals surface area contributed by atoms with Gasteiger partial charge in [0.05, 0.1) is 11.8 Å². The zero-order chi connectivity index (χ0) is 13.4. The first kappa shape index (κ1) is 11.3. The first-order valence-electron chi connectivity index (χ1n) is 5.10. The first-order valence-corrected chi connectivity index (χ1v) is 5.10. The van der Waals surface area contributed by atoms with E-state index in [1.165, 1.54) is 6.20 Å². The normalized spacial score (nSPS) is 10.8. The maximum absolute atomic E-state index is 13.2. The van der Waals surface area contributed by atoms with Crippen molar-refractivity contribution < 1.29 is 13.3 Å². The number of benzene rings is 1. The van der Waals surface area contributed by atoms with Crippen molar-refractivity contribution in [2.24, 2.45) is 0 Å². The minimum atomic E-state index is -1.05. The molecule has 0 saturated carbocycles. The summed E-state index contributed by atoms with van der Waals surface area (Å²) in [5.74, 6) is -1.97. The van der Waals surface area contributed by atoms with Crippen LogP contribution in [0.2, 0.25) is 0 Å². The molecule has 19 heavy (non-hydrogen) atoms. The number of nitrogens with one attached hydrogen (secondary N) is 1. The van der Waals surface area contributed by atoms with Crippen molar-refractivity contribution in [3.05, 3.63) is 30.0 Å². The predicted octanol–water partition coefficient (Wildman–Crippen LogP) is 1.38. The van der Waals surface area contributed by atoms with Gasteiger partial charge in [0.2, 0.25) is 5.82 Å². The molecule has 96 valence electrons. The van der Waals surface area contributed by atoms with Crippen molar-refractivity contribution in [3.63, 3.8) is 0 Å². The Morgan fingerprint density at radius 1 is 1.21 bits per heavy atom. The van der Waals surface area contributed by atoms with E-state index >= 15 is 0 Å². The van der Waals surface area contributed by atoms with Gasteiger partial charge in [-0.2, -0.15) is 20.4 Å². The average Bonchev–Trinajstić information content (AvgIpc) is 3.03. The number of hydrogen-bond donors (Lipinski definition) is 2. The Hall–Kier alpha value is -2.84. The summed E-state index contributed by atoms with van der Waals surface area (Å²) in [5, 5.41) is 13.4. The van der Waals surface area contributed by atoms with Crippen LogP contribution in [-0.4, -0.2) is 25.6 Å². The second-order valence-corrected chi connectivity index (χ2v) is 3.63. The molecule has 2 aromatic heterocycles. The van der Waals surface area contributed by atoms with E-state index in [0.29, 0.717) is 5.69 Å². The quantitative estimate of drug-likeness (QED) is 0.677. The van der Waals surface area contributed by atoms with Crippen LogP contribution in [0.5, 0.6) is 0 Å². The summed E-state index contributed by atoms with van der Waals surface area (Å²) in [6.07, 6.45) is 1.39. The van der Waals surface area contributed by atoms with Crippen LogP contribution < -0.4 is 5.73 Å². The first-order chi connectivity index (χ1) is 9.15. The molecule has 0 atom stereocenters. The summed E-state index contributed by atoms with van der Waals surface area (Å²) in [7, 11) is 0. The van der Waals surface area contributed by atoms with Crippen LogP contribution in [0.1, 0.15) is 0 Å². The molecular weight excluding hydrogens is 258 g/mol. The van der Waals surface area contributed by atoms with Gasteiger partial charge in [-0.3, -0.25) is 0 Å². The van der Waals surface area contributed by atoms with Crippen molar-refractivity contribution in [3.8, 4) is 23.0 Å². The molecule has 0 radical (unpaired) electrons. The minimum absolute atomic E-state index is 0.00532. The molecule has 0 aliphatic heterocycles. The Morgan fingerprint density at radius 3 is 2.74 bits per heavy atom. The number of H-pyrrole nitrogens is 1. The van der Waals surface area contributed by atoms with Gasteiger partial charge in [0, 0.05) is 11.8 Å². The molecule has 2 heterocycles. The van der Waals surface area contributed by atoms with Crippen LogP contribution in [0, 0.1) is 11.6 Å². The number of aromatic amines is 1. The zero-order valence-electron chi connectivity index (χ0n) is 9.26. The lowest BCUT2D eigenvalue weighted by Gasteiger charge is -2.01. The second-order valence-electron chi connectivity index (χ2n) is 3.63. The third kappa shape index (κ3) is 1.90. The summed E-state index contributed by atoms with van der Waals surface area (Å²) in [6, 6.07) is 1.75. The smallest absolute Gasteiger partial charge is 0.260 e. The number of hydrogen-bond acceptors (Lipinski definition) is 6. The molecule has 0 saturated heterocycles. The largest absolute Gasteiger partial charge is 0.398 e. The highest BCUT2D eigenvalue weighted by molar-refractivity contribution is 5.71. The molecule has 0 aliphatic carbocycles. The topological polar surface area (TPSA) is 107 Å². The van der Waals surface area contributed by atoms with Crippen molar-refractivity contribution in [1.82, 2.24) is 25.6 Å². The molecule has 0 spiro atoms. The van der Waals surface area contributed by atoms with Crippen LogP contribution in [0.15, 0.2) is 22.9 Å². The fraction of sp³-hybridized carbons (Fsp3) is 0. The van der Waals surface area contributed by atoms with Gasteiger partial charge in [-0.05, 0) is 6.07 Å². The van der Waals surface area contributed by atoms with Gasteiger partial charge in [0.1, 0.15) is 0 Å². The van der Waals surface area contributed by atoms with Crippen LogP contribution in [0.25, 0.3) is 23.0 Å². The minimum Gasteiger partial charge on any atom is -0.398 e. The van der Waals surface area contributed by atoms with Crippen LogP contribution in [0.4, 0.5) is 14.5 Å². The average molecular weight is 264 g/mol. The van der Waals surface area contributed by atoms with Crippen molar-refractivity contribution in [1.29, 1.82) is 0 Å². The number of anilines is 1. The predicted molar refractivity (Wildman–Crippen MR) is 59.4 cm³/mol. The van der Waals surface area contributed by atoms with E-state index in [1.54, 1.807) is 0 Å². The molecule has 0 aliphatic rings. The van der Waals surface area contributed by atoms with Gasteiger partial charge < -0.3 is 10.3 Å². The number of nitrogens with zero attached hydrogens (tertiary/aromatic N) is 4. The van der Waals surface area contributed by atoms with Gasteiger partial charge in [0.15, 0.2) is 17.3 Å². The van der Waals surface area contributed by atoms with E-state index in [-0.39, 0.29) is 23.0 Å². The maximum atomic E-state index is 13.2. The van der Waals surface area contributed by atoms with Crippen LogP contribution >= 0.6 is 0 Å². The molecule has 3 N–H and O–H groups in total. The SMILES string of the molecule is Nc1cc(F)c(F)cc1-c1nc(-c2cn[nH]n2)no1. The highest BCUT2D eigenvalue weighted by atomic mass is 19.2. The van der Waals surface area contributed by atoms with E-state index in [9.17, 15) is 8.78 Å². The number of nitrogen functional groups attached to an aromatic ring is 1. The second kappa shape index (κ2) is 4.12. The van der Waals surface area contributed by atoms with E-state index < -0.39 is 11.6 Å². The lowest BCUT2D eigenvalue weighted by Crippen LogP contribution is -1.94. The molecule has 3 aromatic rings. The number of aromatic nitrogens is 5. The van der Waals surface area contributed by atoms with E-state index in [0.717, 1.165) is 12.1 Å². The lowest BCUT2D eigenvalue weighted by atomic mass is 10.1. The van der Waals surface area contributed by atoms with E-state index in [4.69, 9.17) is 10.3 Å².